The molecule has 2 saturated heterocycles. The maximum atomic E-state index is 13.3. The summed E-state index contributed by atoms with van der Waals surface area (Å²) in [5.41, 5.74) is 0.854. The molecule has 9 heteroatoms. The third-order valence-corrected chi connectivity index (χ3v) is 6.63. The van der Waals surface area contributed by atoms with E-state index >= 15 is 0 Å². The second-order valence-electron chi connectivity index (χ2n) is 8.58. The minimum atomic E-state index is -1.01. The Labute approximate surface area is 178 Å². The molecule has 160 valence electrons. The van der Waals surface area contributed by atoms with E-state index in [1.807, 2.05) is 36.3 Å². The highest BCUT2D eigenvalue weighted by atomic mass is 16.7. The van der Waals surface area contributed by atoms with E-state index in [4.69, 9.17) is 14.0 Å². The summed E-state index contributed by atoms with van der Waals surface area (Å²) < 4.78 is 17.9. The Bertz CT molecular complexity index is 1150. The molecular formula is C22H22N4O5. The Morgan fingerprint density at radius 2 is 1.94 bits per heavy atom. The molecule has 31 heavy (non-hydrogen) atoms. The molecule has 2 bridgehead atoms. The third-order valence-electron chi connectivity index (χ3n) is 6.63. The fraction of sp³-hybridized carbons (Fsp3) is 0.409. The SMILES string of the molecule is Cn1cc(-c2cc(C(=O)N3[C@@H]4CC[C@H]3CC(O)(c3ccc5c(c3)OCO5)C4)no2)cn1. The summed E-state index contributed by atoms with van der Waals surface area (Å²) >= 11 is 0. The van der Waals surface area contributed by atoms with Gasteiger partial charge in [-0.3, -0.25) is 9.48 Å². The van der Waals surface area contributed by atoms with Gasteiger partial charge >= 0.3 is 0 Å². The van der Waals surface area contributed by atoms with Crippen LogP contribution in [0.4, 0.5) is 0 Å². The average Bonchev–Trinajstić information content (AvgIpc) is 3.53. The number of rotatable bonds is 3. The molecule has 2 aromatic heterocycles. The molecule has 2 fully saturated rings. The number of benzene rings is 1. The lowest BCUT2D eigenvalue weighted by atomic mass is 9.80. The number of piperidine rings is 1. The topological polar surface area (TPSA) is 103 Å². The van der Waals surface area contributed by atoms with Crippen molar-refractivity contribution < 1.29 is 23.9 Å². The van der Waals surface area contributed by atoms with Crippen molar-refractivity contribution in [2.75, 3.05) is 6.79 Å². The van der Waals surface area contributed by atoms with Gasteiger partial charge in [-0.25, -0.2) is 0 Å². The van der Waals surface area contributed by atoms with Crippen LogP contribution in [-0.2, 0) is 12.6 Å². The van der Waals surface area contributed by atoms with E-state index in [-0.39, 0.29) is 30.5 Å². The highest BCUT2D eigenvalue weighted by Crippen LogP contribution is 2.48. The van der Waals surface area contributed by atoms with Gasteiger partial charge in [0.2, 0.25) is 6.79 Å². The zero-order valence-corrected chi connectivity index (χ0v) is 17.0. The second kappa shape index (κ2) is 6.58. The van der Waals surface area contributed by atoms with E-state index in [0.717, 1.165) is 24.0 Å². The Balaban J connectivity index is 1.24. The highest BCUT2D eigenvalue weighted by Gasteiger charge is 2.50. The fourth-order valence-electron chi connectivity index (χ4n) is 5.17. The van der Waals surface area contributed by atoms with Crippen LogP contribution >= 0.6 is 0 Å². The van der Waals surface area contributed by atoms with Gasteiger partial charge in [-0.05, 0) is 30.5 Å². The minimum absolute atomic E-state index is 0.0554. The van der Waals surface area contributed by atoms with Crippen LogP contribution in [0, 0.1) is 0 Å². The smallest absolute Gasteiger partial charge is 0.276 e. The molecule has 5 heterocycles. The Morgan fingerprint density at radius 1 is 1.16 bits per heavy atom. The van der Waals surface area contributed by atoms with Gasteiger partial charge in [0.1, 0.15) is 0 Å². The van der Waals surface area contributed by atoms with Gasteiger partial charge in [-0.2, -0.15) is 5.10 Å². The molecule has 3 aromatic rings. The van der Waals surface area contributed by atoms with Crippen molar-refractivity contribution in [2.24, 2.45) is 7.05 Å². The molecule has 3 aliphatic rings. The molecule has 3 aliphatic heterocycles. The molecule has 1 N–H and O–H groups in total. The van der Waals surface area contributed by atoms with Gasteiger partial charge in [0.05, 0.1) is 17.4 Å². The van der Waals surface area contributed by atoms with E-state index in [0.29, 0.717) is 30.1 Å². The molecule has 0 spiro atoms. The van der Waals surface area contributed by atoms with Gasteiger partial charge in [0.25, 0.3) is 5.91 Å². The average molecular weight is 422 g/mol. The summed E-state index contributed by atoms with van der Waals surface area (Å²) in [5, 5.41) is 19.6. The molecule has 1 aromatic carbocycles. The molecule has 6 rings (SSSR count). The van der Waals surface area contributed by atoms with Crippen molar-refractivity contribution in [3.8, 4) is 22.8 Å². The van der Waals surface area contributed by atoms with Crippen LogP contribution in [0.1, 0.15) is 41.7 Å². The molecule has 1 unspecified atom stereocenters. The first kappa shape index (κ1) is 18.4. The van der Waals surface area contributed by atoms with Gasteiger partial charge in [-0.1, -0.05) is 11.2 Å². The minimum Gasteiger partial charge on any atom is -0.454 e. The fourth-order valence-corrected chi connectivity index (χ4v) is 5.17. The number of aromatic nitrogens is 3. The van der Waals surface area contributed by atoms with E-state index in [1.54, 1.807) is 16.9 Å². The van der Waals surface area contributed by atoms with Gasteiger partial charge in [-0.15, -0.1) is 0 Å². The van der Waals surface area contributed by atoms with E-state index in [2.05, 4.69) is 10.3 Å². The van der Waals surface area contributed by atoms with Crippen LogP contribution < -0.4 is 9.47 Å². The quantitative estimate of drug-likeness (QED) is 0.692. The first-order valence-electron chi connectivity index (χ1n) is 10.4. The summed E-state index contributed by atoms with van der Waals surface area (Å²) in [6.45, 7) is 0.198. The zero-order valence-electron chi connectivity index (χ0n) is 17.0. The number of aliphatic hydroxyl groups is 1. The number of hydrogen-bond acceptors (Lipinski definition) is 7. The number of nitrogens with zero attached hydrogens (tertiary/aromatic N) is 4. The maximum absolute atomic E-state index is 13.3. The summed E-state index contributed by atoms with van der Waals surface area (Å²) in [4.78, 5) is 15.2. The number of carbonyl (C=O) groups is 1. The number of fused-ring (bicyclic) bond motifs is 3. The largest absolute Gasteiger partial charge is 0.454 e. The standard InChI is InChI=1S/C22H22N4O5/c1-25-11-13(10-23-25)19-7-17(24-31-19)21(27)26-15-3-4-16(26)9-22(28,8-15)14-2-5-18-20(6-14)30-12-29-18/h2,5-7,10-11,15-16,28H,3-4,8-9,12H2,1H3/t15-,16+,22?. The number of hydrogen-bond donors (Lipinski definition) is 1. The molecule has 9 nitrogen and oxygen atoms in total. The first-order valence-corrected chi connectivity index (χ1v) is 10.4. The lowest BCUT2D eigenvalue weighted by molar-refractivity contribution is -0.0482. The normalized spacial score (nSPS) is 26.5. The third kappa shape index (κ3) is 2.91. The lowest BCUT2D eigenvalue weighted by Gasteiger charge is -2.43. The predicted molar refractivity (Wildman–Crippen MR) is 107 cm³/mol. The molecule has 1 amide bonds. The van der Waals surface area contributed by atoms with Crippen LogP contribution in [-0.4, -0.2) is 49.7 Å². The number of carbonyl (C=O) groups excluding carboxylic acids is 1. The highest BCUT2D eigenvalue weighted by molar-refractivity contribution is 5.94. The van der Waals surface area contributed by atoms with Crippen LogP contribution in [0.5, 0.6) is 11.5 Å². The summed E-state index contributed by atoms with van der Waals surface area (Å²) in [7, 11) is 1.82. The Morgan fingerprint density at radius 3 is 2.68 bits per heavy atom. The zero-order chi connectivity index (χ0) is 21.2. The molecule has 3 atom stereocenters. The van der Waals surface area contributed by atoms with E-state index in [1.165, 1.54) is 0 Å². The second-order valence-corrected chi connectivity index (χ2v) is 8.58. The van der Waals surface area contributed by atoms with Crippen molar-refractivity contribution in [2.45, 2.75) is 43.4 Å². The molecule has 0 aliphatic carbocycles. The number of aryl methyl sites for hydroxylation is 1. The molecule has 0 radical (unpaired) electrons. The van der Waals surface area contributed by atoms with E-state index < -0.39 is 5.60 Å². The van der Waals surface area contributed by atoms with Gasteiger partial charge in [0, 0.05) is 44.2 Å². The molecular weight excluding hydrogens is 400 g/mol. The van der Waals surface area contributed by atoms with Crippen molar-refractivity contribution in [3.63, 3.8) is 0 Å². The van der Waals surface area contributed by atoms with Crippen molar-refractivity contribution in [1.29, 1.82) is 0 Å². The maximum Gasteiger partial charge on any atom is 0.276 e. The Hall–Kier alpha value is -3.33. The van der Waals surface area contributed by atoms with Crippen LogP contribution in [0.3, 0.4) is 0 Å². The van der Waals surface area contributed by atoms with Crippen LogP contribution in [0.15, 0.2) is 41.2 Å². The van der Waals surface area contributed by atoms with E-state index in [9.17, 15) is 9.90 Å². The first-order chi connectivity index (χ1) is 15.0. The Kier molecular flexibility index (Phi) is 3.92. The summed E-state index contributed by atoms with van der Waals surface area (Å²) in [6.07, 6.45) is 6.15. The number of ether oxygens (including phenoxy) is 2. The summed E-state index contributed by atoms with van der Waals surface area (Å²) in [5.74, 6) is 1.71. The lowest BCUT2D eigenvalue weighted by Crippen LogP contribution is -2.52. The van der Waals surface area contributed by atoms with Crippen LogP contribution in [0.2, 0.25) is 0 Å². The van der Waals surface area contributed by atoms with Crippen molar-refractivity contribution >= 4 is 5.91 Å². The van der Waals surface area contributed by atoms with Gasteiger partial charge in [0.15, 0.2) is 23.0 Å². The van der Waals surface area contributed by atoms with Gasteiger partial charge < -0.3 is 24.0 Å². The monoisotopic (exact) mass is 422 g/mol. The van der Waals surface area contributed by atoms with Crippen LogP contribution in [0.25, 0.3) is 11.3 Å². The van der Waals surface area contributed by atoms with Crippen molar-refractivity contribution in [3.05, 3.63) is 47.9 Å². The summed E-state index contributed by atoms with van der Waals surface area (Å²) in [6, 6.07) is 7.14. The van der Waals surface area contributed by atoms with Crippen molar-refractivity contribution in [1.82, 2.24) is 19.8 Å². The predicted octanol–water partition coefficient (Wildman–Crippen LogP) is 2.46. The molecule has 0 saturated carbocycles. The number of amides is 1.